The Labute approximate surface area is 128 Å². The van der Waals surface area contributed by atoms with Crippen molar-refractivity contribution in [2.24, 2.45) is 0 Å². The molecule has 0 saturated carbocycles. The summed E-state index contributed by atoms with van der Waals surface area (Å²) in [5.74, 6) is 0.973. The minimum absolute atomic E-state index is 0.178. The predicted octanol–water partition coefficient (Wildman–Crippen LogP) is 1.80. The minimum atomic E-state index is -0.178. The SMILES string of the molecule is COc1cccc(C(=O)NCCNc2ncccc2C#N)c1. The van der Waals surface area contributed by atoms with Crippen LogP contribution < -0.4 is 15.4 Å². The summed E-state index contributed by atoms with van der Waals surface area (Å²) < 4.78 is 5.08. The number of hydrogen-bond acceptors (Lipinski definition) is 5. The summed E-state index contributed by atoms with van der Waals surface area (Å²) in [6, 6.07) is 12.4. The van der Waals surface area contributed by atoms with Crippen molar-refractivity contribution in [3.05, 3.63) is 53.7 Å². The van der Waals surface area contributed by atoms with Crippen molar-refractivity contribution >= 4 is 11.7 Å². The number of rotatable bonds is 6. The van der Waals surface area contributed by atoms with E-state index in [1.807, 2.05) is 0 Å². The molecule has 112 valence electrons. The number of benzene rings is 1. The van der Waals surface area contributed by atoms with Crippen LogP contribution in [0.15, 0.2) is 42.6 Å². The van der Waals surface area contributed by atoms with Crippen LogP contribution in [0.5, 0.6) is 5.75 Å². The molecule has 2 aromatic rings. The van der Waals surface area contributed by atoms with E-state index < -0.39 is 0 Å². The van der Waals surface area contributed by atoms with Crippen molar-refractivity contribution < 1.29 is 9.53 Å². The van der Waals surface area contributed by atoms with E-state index >= 15 is 0 Å². The molecule has 0 saturated heterocycles. The molecule has 1 heterocycles. The minimum Gasteiger partial charge on any atom is -0.497 e. The van der Waals surface area contributed by atoms with E-state index in [0.717, 1.165) is 0 Å². The Morgan fingerprint density at radius 1 is 1.32 bits per heavy atom. The van der Waals surface area contributed by atoms with Gasteiger partial charge in [0.2, 0.25) is 0 Å². The summed E-state index contributed by atoms with van der Waals surface area (Å²) in [4.78, 5) is 16.1. The number of nitrogens with zero attached hydrogens (tertiary/aromatic N) is 2. The molecule has 0 unspecified atom stereocenters. The second-order valence-corrected chi connectivity index (χ2v) is 4.43. The zero-order valence-electron chi connectivity index (χ0n) is 12.2. The Hall–Kier alpha value is -3.07. The number of carbonyl (C=O) groups excluding carboxylic acids is 1. The van der Waals surface area contributed by atoms with E-state index in [-0.39, 0.29) is 5.91 Å². The molecule has 6 heteroatoms. The molecule has 0 fully saturated rings. The van der Waals surface area contributed by atoms with Crippen LogP contribution in [-0.2, 0) is 0 Å². The quantitative estimate of drug-likeness (QED) is 0.794. The molecular weight excluding hydrogens is 280 g/mol. The van der Waals surface area contributed by atoms with Crippen molar-refractivity contribution in [2.45, 2.75) is 0 Å². The zero-order valence-corrected chi connectivity index (χ0v) is 12.2. The molecular formula is C16H16N4O2. The van der Waals surface area contributed by atoms with Crippen molar-refractivity contribution in [3.63, 3.8) is 0 Å². The number of aromatic nitrogens is 1. The Bertz CT molecular complexity index is 695. The van der Waals surface area contributed by atoms with Gasteiger partial charge >= 0.3 is 0 Å². The highest BCUT2D eigenvalue weighted by molar-refractivity contribution is 5.94. The van der Waals surface area contributed by atoms with Gasteiger partial charge < -0.3 is 15.4 Å². The van der Waals surface area contributed by atoms with E-state index in [4.69, 9.17) is 10.00 Å². The fraction of sp³-hybridized carbons (Fsp3) is 0.188. The first-order chi connectivity index (χ1) is 10.7. The highest BCUT2D eigenvalue weighted by atomic mass is 16.5. The van der Waals surface area contributed by atoms with Crippen molar-refractivity contribution in [1.29, 1.82) is 5.26 Å². The number of methoxy groups -OCH3 is 1. The topological polar surface area (TPSA) is 87.0 Å². The molecule has 0 atom stereocenters. The number of hydrogen-bond donors (Lipinski definition) is 2. The number of pyridine rings is 1. The van der Waals surface area contributed by atoms with Crippen LogP contribution in [0, 0.1) is 11.3 Å². The van der Waals surface area contributed by atoms with E-state index in [9.17, 15) is 4.79 Å². The summed E-state index contributed by atoms with van der Waals surface area (Å²) in [6.07, 6.45) is 1.61. The van der Waals surface area contributed by atoms with Crippen LogP contribution in [0.2, 0.25) is 0 Å². The van der Waals surface area contributed by atoms with Crippen LogP contribution in [0.25, 0.3) is 0 Å². The Morgan fingerprint density at radius 2 is 2.18 bits per heavy atom. The number of anilines is 1. The van der Waals surface area contributed by atoms with Gasteiger partial charge in [-0.2, -0.15) is 5.26 Å². The van der Waals surface area contributed by atoms with Gasteiger partial charge in [0.25, 0.3) is 5.91 Å². The van der Waals surface area contributed by atoms with Gasteiger partial charge in [-0.3, -0.25) is 4.79 Å². The molecule has 0 bridgehead atoms. The first-order valence-electron chi connectivity index (χ1n) is 6.76. The third-order valence-corrected chi connectivity index (χ3v) is 2.96. The van der Waals surface area contributed by atoms with E-state index in [0.29, 0.717) is 35.8 Å². The largest absolute Gasteiger partial charge is 0.497 e. The molecule has 2 rings (SSSR count). The van der Waals surface area contributed by atoms with Crippen LogP contribution in [0.1, 0.15) is 15.9 Å². The lowest BCUT2D eigenvalue weighted by Crippen LogP contribution is -2.29. The van der Waals surface area contributed by atoms with Gasteiger partial charge in [0.1, 0.15) is 17.6 Å². The molecule has 0 radical (unpaired) electrons. The van der Waals surface area contributed by atoms with Gasteiger partial charge in [-0.1, -0.05) is 6.07 Å². The van der Waals surface area contributed by atoms with Crippen LogP contribution in [-0.4, -0.2) is 31.1 Å². The van der Waals surface area contributed by atoms with Gasteiger partial charge in [0.15, 0.2) is 0 Å². The fourth-order valence-corrected chi connectivity index (χ4v) is 1.86. The summed E-state index contributed by atoms with van der Waals surface area (Å²) in [5.41, 5.74) is 1.01. The first kappa shape index (κ1) is 15.3. The molecule has 22 heavy (non-hydrogen) atoms. The second kappa shape index (κ2) is 7.64. The average molecular weight is 296 g/mol. The number of nitrogens with one attached hydrogen (secondary N) is 2. The molecule has 0 aliphatic rings. The average Bonchev–Trinajstić information content (AvgIpc) is 2.58. The second-order valence-electron chi connectivity index (χ2n) is 4.43. The van der Waals surface area contributed by atoms with Crippen molar-refractivity contribution in [1.82, 2.24) is 10.3 Å². The zero-order chi connectivity index (χ0) is 15.8. The predicted molar refractivity (Wildman–Crippen MR) is 82.8 cm³/mol. The first-order valence-corrected chi connectivity index (χ1v) is 6.76. The third-order valence-electron chi connectivity index (χ3n) is 2.96. The molecule has 2 N–H and O–H groups in total. The number of carbonyl (C=O) groups is 1. The third kappa shape index (κ3) is 3.96. The molecule has 0 spiro atoms. The molecule has 1 amide bonds. The van der Waals surface area contributed by atoms with Gasteiger partial charge in [-0.15, -0.1) is 0 Å². The maximum Gasteiger partial charge on any atom is 0.251 e. The molecule has 6 nitrogen and oxygen atoms in total. The number of ether oxygens (including phenoxy) is 1. The maximum atomic E-state index is 12.0. The van der Waals surface area contributed by atoms with Gasteiger partial charge in [-0.05, 0) is 30.3 Å². The lowest BCUT2D eigenvalue weighted by atomic mass is 10.2. The normalized spacial score (nSPS) is 9.64. The van der Waals surface area contributed by atoms with Crippen molar-refractivity contribution in [3.8, 4) is 11.8 Å². The molecule has 0 aliphatic heterocycles. The highest BCUT2D eigenvalue weighted by Gasteiger charge is 2.06. The monoisotopic (exact) mass is 296 g/mol. The Morgan fingerprint density at radius 3 is 2.95 bits per heavy atom. The Kier molecular flexibility index (Phi) is 5.32. The van der Waals surface area contributed by atoms with E-state index in [1.54, 1.807) is 49.7 Å². The highest BCUT2D eigenvalue weighted by Crippen LogP contribution is 2.12. The fourth-order valence-electron chi connectivity index (χ4n) is 1.86. The summed E-state index contributed by atoms with van der Waals surface area (Å²) >= 11 is 0. The van der Waals surface area contributed by atoms with Crippen LogP contribution >= 0.6 is 0 Å². The molecule has 1 aromatic heterocycles. The number of amides is 1. The van der Waals surface area contributed by atoms with E-state index in [1.165, 1.54) is 0 Å². The van der Waals surface area contributed by atoms with Gasteiger partial charge in [0, 0.05) is 24.8 Å². The maximum absolute atomic E-state index is 12.0. The standard InChI is InChI=1S/C16H16N4O2/c1-22-14-6-2-4-12(10-14)16(21)20-9-8-19-15-13(11-17)5-3-7-18-15/h2-7,10H,8-9H2,1H3,(H,18,19)(H,20,21). The van der Waals surface area contributed by atoms with Crippen LogP contribution in [0.3, 0.4) is 0 Å². The summed E-state index contributed by atoms with van der Waals surface area (Å²) in [5, 5.41) is 14.8. The van der Waals surface area contributed by atoms with E-state index in [2.05, 4.69) is 21.7 Å². The van der Waals surface area contributed by atoms with Gasteiger partial charge in [-0.25, -0.2) is 4.98 Å². The molecule has 0 aliphatic carbocycles. The lowest BCUT2D eigenvalue weighted by Gasteiger charge is -2.09. The van der Waals surface area contributed by atoms with Gasteiger partial charge in [0.05, 0.1) is 12.7 Å². The summed E-state index contributed by atoms with van der Waals surface area (Å²) in [7, 11) is 1.56. The van der Waals surface area contributed by atoms with Crippen molar-refractivity contribution in [2.75, 3.05) is 25.5 Å². The molecule has 1 aromatic carbocycles. The summed E-state index contributed by atoms with van der Waals surface area (Å²) in [6.45, 7) is 0.888. The van der Waals surface area contributed by atoms with Crippen LogP contribution in [0.4, 0.5) is 5.82 Å². The number of nitriles is 1. The lowest BCUT2D eigenvalue weighted by molar-refractivity contribution is 0.0955. The smallest absolute Gasteiger partial charge is 0.251 e. The Balaban J connectivity index is 1.83.